The van der Waals surface area contributed by atoms with Crippen LogP contribution < -0.4 is 0 Å². The van der Waals surface area contributed by atoms with Gasteiger partial charge in [0.25, 0.3) is 0 Å². The quantitative estimate of drug-likeness (QED) is 0.810. The van der Waals surface area contributed by atoms with Crippen LogP contribution in [0.1, 0.15) is 38.9 Å². The van der Waals surface area contributed by atoms with Gasteiger partial charge in [0.15, 0.2) is 0 Å². The Morgan fingerprint density at radius 2 is 2.11 bits per heavy atom. The second kappa shape index (κ2) is 5.61. The lowest BCUT2D eigenvalue weighted by molar-refractivity contribution is 0.603. The van der Waals surface area contributed by atoms with Gasteiger partial charge in [-0.3, -0.25) is 4.68 Å². The van der Waals surface area contributed by atoms with Crippen LogP contribution in [0.5, 0.6) is 0 Å². The van der Waals surface area contributed by atoms with Gasteiger partial charge in [-0.25, -0.2) is 9.97 Å². The molecule has 0 amide bonds. The van der Waals surface area contributed by atoms with Gasteiger partial charge in [-0.2, -0.15) is 5.10 Å². The Morgan fingerprint density at radius 3 is 2.78 bits per heavy atom. The molecule has 0 fully saturated rings. The zero-order chi connectivity index (χ0) is 13.1. The minimum Gasteiger partial charge on any atom is -0.272 e. The molecule has 0 aromatic carbocycles. The van der Waals surface area contributed by atoms with Crippen molar-refractivity contribution < 1.29 is 0 Å². The van der Waals surface area contributed by atoms with E-state index in [1.807, 2.05) is 23.1 Å². The highest BCUT2D eigenvalue weighted by Crippen LogP contribution is 2.22. The average Bonchev–Trinajstić information content (AvgIpc) is 2.77. The van der Waals surface area contributed by atoms with Gasteiger partial charge >= 0.3 is 0 Å². The minimum absolute atomic E-state index is 0.312. The molecular weight excluding hydrogens is 292 g/mol. The van der Waals surface area contributed by atoms with Crippen LogP contribution in [0.3, 0.4) is 0 Å². The van der Waals surface area contributed by atoms with Gasteiger partial charge in [-0.05, 0) is 28.4 Å². The SMILES string of the molecule is CCCn1cc(-c2cc(Br)nc(C(C)C)n2)cn1. The van der Waals surface area contributed by atoms with E-state index in [0.29, 0.717) is 5.92 Å². The molecule has 0 bridgehead atoms. The summed E-state index contributed by atoms with van der Waals surface area (Å²) in [6, 6.07) is 1.93. The van der Waals surface area contributed by atoms with Crippen LogP contribution in [0.15, 0.2) is 23.1 Å². The first kappa shape index (κ1) is 13.2. The van der Waals surface area contributed by atoms with Crippen molar-refractivity contribution >= 4 is 15.9 Å². The van der Waals surface area contributed by atoms with E-state index in [4.69, 9.17) is 0 Å². The molecule has 2 heterocycles. The molecule has 4 nitrogen and oxygen atoms in total. The van der Waals surface area contributed by atoms with Gasteiger partial charge in [0.1, 0.15) is 10.4 Å². The summed E-state index contributed by atoms with van der Waals surface area (Å²) in [5, 5.41) is 4.33. The average molecular weight is 309 g/mol. The molecule has 0 unspecified atom stereocenters. The van der Waals surface area contributed by atoms with Crippen LogP contribution in [0.4, 0.5) is 0 Å². The van der Waals surface area contributed by atoms with Gasteiger partial charge in [0, 0.05) is 24.2 Å². The van der Waals surface area contributed by atoms with E-state index in [1.54, 1.807) is 0 Å². The predicted octanol–water partition coefficient (Wildman–Crippen LogP) is 3.64. The molecule has 0 N–H and O–H groups in total. The number of aromatic nitrogens is 4. The third-order valence-corrected chi connectivity index (χ3v) is 3.02. The molecule has 0 saturated carbocycles. The molecule has 96 valence electrons. The molecule has 0 aliphatic rings. The maximum Gasteiger partial charge on any atom is 0.132 e. The lowest BCUT2D eigenvalue weighted by Crippen LogP contribution is -1.99. The molecule has 0 atom stereocenters. The van der Waals surface area contributed by atoms with Crippen molar-refractivity contribution in [1.29, 1.82) is 0 Å². The highest BCUT2D eigenvalue weighted by molar-refractivity contribution is 9.10. The fraction of sp³-hybridized carbons (Fsp3) is 0.462. The highest BCUT2D eigenvalue weighted by atomic mass is 79.9. The molecule has 0 saturated heterocycles. The molecule has 0 aliphatic carbocycles. The highest BCUT2D eigenvalue weighted by Gasteiger charge is 2.09. The zero-order valence-corrected chi connectivity index (χ0v) is 12.5. The Kier molecular flexibility index (Phi) is 4.11. The monoisotopic (exact) mass is 308 g/mol. The standard InChI is InChI=1S/C13H17BrN4/c1-4-5-18-8-10(7-15-18)11-6-12(14)17-13(16-11)9(2)3/h6-9H,4-5H2,1-3H3. The summed E-state index contributed by atoms with van der Waals surface area (Å²) in [6.07, 6.45) is 4.96. The largest absolute Gasteiger partial charge is 0.272 e. The first-order chi connectivity index (χ1) is 8.60. The second-order valence-electron chi connectivity index (χ2n) is 4.58. The normalized spacial score (nSPS) is 11.2. The lowest BCUT2D eigenvalue weighted by Gasteiger charge is -2.06. The molecule has 2 rings (SSSR count). The topological polar surface area (TPSA) is 43.6 Å². The summed E-state index contributed by atoms with van der Waals surface area (Å²) >= 11 is 3.44. The van der Waals surface area contributed by atoms with E-state index in [9.17, 15) is 0 Å². The zero-order valence-electron chi connectivity index (χ0n) is 10.9. The fourth-order valence-corrected chi connectivity index (χ4v) is 2.09. The van der Waals surface area contributed by atoms with Gasteiger partial charge in [0.2, 0.25) is 0 Å². The van der Waals surface area contributed by atoms with Crippen molar-refractivity contribution in [3.05, 3.63) is 28.9 Å². The number of nitrogens with zero attached hydrogens (tertiary/aromatic N) is 4. The Hall–Kier alpha value is -1.23. The van der Waals surface area contributed by atoms with E-state index < -0.39 is 0 Å². The van der Waals surface area contributed by atoms with Crippen molar-refractivity contribution in [3.63, 3.8) is 0 Å². The van der Waals surface area contributed by atoms with Crippen LogP contribution in [-0.2, 0) is 6.54 Å². The van der Waals surface area contributed by atoms with E-state index in [1.165, 1.54) is 0 Å². The summed E-state index contributed by atoms with van der Waals surface area (Å²) in [4.78, 5) is 8.96. The number of hydrogen-bond donors (Lipinski definition) is 0. The van der Waals surface area contributed by atoms with Crippen LogP contribution in [-0.4, -0.2) is 19.7 Å². The summed E-state index contributed by atoms with van der Waals surface area (Å²) < 4.78 is 2.76. The third-order valence-electron chi connectivity index (χ3n) is 2.61. The van der Waals surface area contributed by atoms with Crippen molar-refractivity contribution in [2.75, 3.05) is 0 Å². The Balaban J connectivity index is 2.36. The molecule has 0 spiro atoms. The summed E-state index contributed by atoms with van der Waals surface area (Å²) in [5.41, 5.74) is 1.95. The molecule has 0 aliphatic heterocycles. The van der Waals surface area contributed by atoms with E-state index in [-0.39, 0.29) is 0 Å². The van der Waals surface area contributed by atoms with Crippen LogP contribution in [0, 0.1) is 0 Å². The van der Waals surface area contributed by atoms with E-state index in [2.05, 4.69) is 51.8 Å². The molecular formula is C13H17BrN4. The van der Waals surface area contributed by atoms with Crippen molar-refractivity contribution in [1.82, 2.24) is 19.7 Å². The van der Waals surface area contributed by atoms with Crippen LogP contribution >= 0.6 is 15.9 Å². The number of aryl methyl sites for hydroxylation is 1. The van der Waals surface area contributed by atoms with E-state index >= 15 is 0 Å². The first-order valence-corrected chi connectivity index (χ1v) is 6.96. The van der Waals surface area contributed by atoms with Gasteiger partial charge < -0.3 is 0 Å². The summed E-state index contributed by atoms with van der Waals surface area (Å²) in [6.45, 7) is 7.25. The van der Waals surface area contributed by atoms with Gasteiger partial charge in [-0.1, -0.05) is 20.8 Å². The molecule has 18 heavy (non-hydrogen) atoms. The second-order valence-corrected chi connectivity index (χ2v) is 5.39. The van der Waals surface area contributed by atoms with Gasteiger partial charge in [0.05, 0.1) is 11.9 Å². The molecule has 2 aromatic heterocycles. The minimum atomic E-state index is 0.312. The third kappa shape index (κ3) is 2.96. The van der Waals surface area contributed by atoms with Crippen molar-refractivity contribution in [3.8, 4) is 11.3 Å². The fourth-order valence-electron chi connectivity index (χ4n) is 1.69. The van der Waals surface area contributed by atoms with E-state index in [0.717, 1.165) is 34.7 Å². The van der Waals surface area contributed by atoms with Gasteiger partial charge in [-0.15, -0.1) is 0 Å². The summed E-state index contributed by atoms with van der Waals surface area (Å²) in [5.74, 6) is 1.16. The molecule has 0 radical (unpaired) electrons. The Labute approximate surface area is 116 Å². The molecule has 5 heteroatoms. The molecule has 2 aromatic rings. The Morgan fingerprint density at radius 1 is 1.33 bits per heavy atom. The number of halogens is 1. The first-order valence-electron chi connectivity index (χ1n) is 6.17. The van der Waals surface area contributed by atoms with Crippen LogP contribution in [0.25, 0.3) is 11.3 Å². The number of rotatable bonds is 4. The predicted molar refractivity (Wildman–Crippen MR) is 75.3 cm³/mol. The lowest BCUT2D eigenvalue weighted by atomic mass is 10.2. The van der Waals surface area contributed by atoms with Crippen molar-refractivity contribution in [2.24, 2.45) is 0 Å². The maximum atomic E-state index is 4.58. The maximum absolute atomic E-state index is 4.58. The van der Waals surface area contributed by atoms with Crippen molar-refractivity contribution in [2.45, 2.75) is 39.7 Å². The Bertz CT molecular complexity index is 534. The smallest absolute Gasteiger partial charge is 0.132 e. The summed E-state index contributed by atoms with van der Waals surface area (Å²) in [7, 11) is 0. The number of hydrogen-bond acceptors (Lipinski definition) is 3. The van der Waals surface area contributed by atoms with Crippen LogP contribution in [0.2, 0.25) is 0 Å².